The molecule has 1 rings (SSSR count). The molecule has 0 bridgehead atoms. The van der Waals surface area contributed by atoms with Crippen molar-refractivity contribution in [2.75, 3.05) is 0 Å². The van der Waals surface area contributed by atoms with E-state index in [0.29, 0.717) is 5.92 Å². The fraction of sp³-hybridized carbons (Fsp3) is 1.00. The lowest BCUT2D eigenvalue weighted by Crippen LogP contribution is -2.13. The molecule has 0 radical (unpaired) electrons. The van der Waals surface area contributed by atoms with Crippen LogP contribution in [0.1, 0.15) is 33.6 Å². The van der Waals surface area contributed by atoms with Crippen molar-refractivity contribution in [3.8, 4) is 0 Å². The Hall–Kier alpha value is -0.0400. The van der Waals surface area contributed by atoms with Gasteiger partial charge in [-0.3, -0.25) is 0 Å². The van der Waals surface area contributed by atoms with Crippen molar-refractivity contribution < 1.29 is 5.11 Å². The molecule has 0 spiro atoms. The number of hydrogen-bond donors (Lipinski definition) is 1. The van der Waals surface area contributed by atoms with Crippen molar-refractivity contribution in [3.63, 3.8) is 0 Å². The molecule has 0 aromatic heterocycles. The van der Waals surface area contributed by atoms with Crippen LogP contribution >= 0.6 is 0 Å². The number of aliphatic hydroxyl groups is 1. The quantitative estimate of drug-likeness (QED) is 0.594. The molecule has 0 heterocycles. The summed E-state index contributed by atoms with van der Waals surface area (Å²) in [4.78, 5) is 0. The van der Waals surface area contributed by atoms with E-state index in [0.717, 1.165) is 18.3 Å². The maximum atomic E-state index is 9.47. The van der Waals surface area contributed by atoms with E-state index in [1.165, 1.54) is 6.42 Å². The van der Waals surface area contributed by atoms with Crippen molar-refractivity contribution in [2.45, 2.75) is 39.7 Å². The van der Waals surface area contributed by atoms with Gasteiger partial charge in [-0.2, -0.15) is 0 Å². The topological polar surface area (TPSA) is 20.2 Å². The zero-order chi connectivity index (χ0) is 7.72. The van der Waals surface area contributed by atoms with Crippen molar-refractivity contribution in [1.82, 2.24) is 0 Å². The molecular weight excluding hydrogens is 124 g/mol. The molecule has 0 aliphatic heterocycles. The second-order valence-corrected chi connectivity index (χ2v) is 3.69. The lowest BCUT2D eigenvalue weighted by atomic mass is 9.91. The molecule has 2 unspecified atom stereocenters. The zero-order valence-corrected chi connectivity index (χ0v) is 7.17. The molecule has 1 fully saturated rings. The number of aliphatic hydroxyl groups excluding tert-OH is 1. The highest BCUT2D eigenvalue weighted by Crippen LogP contribution is 2.38. The van der Waals surface area contributed by atoms with E-state index in [2.05, 4.69) is 20.8 Å². The van der Waals surface area contributed by atoms with Crippen LogP contribution in [0.5, 0.6) is 0 Å². The highest BCUT2D eigenvalue weighted by Gasteiger charge is 2.35. The van der Waals surface area contributed by atoms with Crippen molar-refractivity contribution in [2.24, 2.45) is 17.8 Å². The lowest BCUT2D eigenvalue weighted by Gasteiger charge is -2.15. The average molecular weight is 142 g/mol. The minimum atomic E-state index is -0.0278. The van der Waals surface area contributed by atoms with E-state index in [4.69, 9.17) is 0 Å². The molecule has 0 aromatic carbocycles. The maximum absolute atomic E-state index is 9.47. The van der Waals surface area contributed by atoms with Crippen LogP contribution in [0.2, 0.25) is 0 Å². The predicted octanol–water partition coefficient (Wildman–Crippen LogP) is 2.05. The second kappa shape index (κ2) is 2.91. The van der Waals surface area contributed by atoms with Crippen LogP contribution in [0.15, 0.2) is 0 Å². The van der Waals surface area contributed by atoms with Gasteiger partial charge in [0, 0.05) is 0 Å². The number of hydrogen-bond acceptors (Lipinski definition) is 1. The molecule has 60 valence electrons. The summed E-state index contributed by atoms with van der Waals surface area (Å²) in [6, 6.07) is 0. The third-order valence-electron chi connectivity index (χ3n) is 3.25. The molecule has 1 N–H and O–H groups in total. The van der Waals surface area contributed by atoms with Gasteiger partial charge in [-0.1, -0.05) is 27.2 Å². The van der Waals surface area contributed by atoms with Crippen LogP contribution in [-0.2, 0) is 0 Å². The number of rotatable bonds is 1. The Kier molecular flexibility index (Phi) is 2.35. The monoisotopic (exact) mass is 142 g/mol. The lowest BCUT2D eigenvalue weighted by molar-refractivity contribution is 0.130. The van der Waals surface area contributed by atoms with Crippen molar-refractivity contribution in [1.29, 1.82) is 0 Å². The first kappa shape index (κ1) is 8.06. The van der Waals surface area contributed by atoms with E-state index < -0.39 is 0 Å². The third-order valence-corrected chi connectivity index (χ3v) is 3.25. The van der Waals surface area contributed by atoms with Gasteiger partial charge in [0.1, 0.15) is 0 Å². The molecule has 4 atom stereocenters. The largest absolute Gasteiger partial charge is 0.393 e. The minimum Gasteiger partial charge on any atom is -0.393 e. The van der Waals surface area contributed by atoms with Gasteiger partial charge in [-0.25, -0.2) is 0 Å². The maximum Gasteiger partial charge on any atom is 0.0571 e. The van der Waals surface area contributed by atoms with E-state index in [-0.39, 0.29) is 6.10 Å². The molecule has 1 aliphatic rings. The smallest absolute Gasteiger partial charge is 0.0571 e. The van der Waals surface area contributed by atoms with E-state index >= 15 is 0 Å². The normalized spacial score (nSPS) is 48.0. The summed E-state index contributed by atoms with van der Waals surface area (Å²) in [5, 5.41) is 9.47. The molecule has 0 amide bonds. The van der Waals surface area contributed by atoms with Gasteiger partial charge in [0.25, 0.3) is 0 Å². The molecule has 10 heavy (non-hydrogen) atoms. The molecular formula is C9H18O. The van der Waals surface area contributed by atoms with Crippen LogP contribution in [0.3, 0.4) is 0 Å². The van der Waals surface area contributed by atoms with Crippen LogP contribution in [0, 0.1) is 17.8 Å². The van der Waals surface area contributed by atoms with Gasteiger partial charge in [0.2, 0.25) is 0 Å². The summed E-state index contributed by atoms with van der Waals surface area (Å²) in [6.07, 6.45) is 2.22. The second-order valence-electron chi connectivity index (χ2n) is 3.69. The first-order valence-corrected chi connectivity index (χ1v) is 4.34. The first-order valence-electron chi connectivity index (χ1n) is 4.34. The van der Waals surface area contributed by atoms with Gasteiger partial charge >= 0.3 is 0 Å². The highest BCUT2D eigenvalue weighted by atomic mass is 16.3. The zero-order valence-electron chi connectivity index (χ0n) is 7.17. The molecule has 1 saturated carbocycles. The van der Waals surface area contributed by atoms with Crippen LogP contribution in [-0.4, -0.2) is 11.2 Å². The summed E-state index contributed by atoms with van der Waals surface area (Å²) in [7, 11) is 0. The fourth-order valence-electron chi connectivity index (χ4n) is 2.06. The first-order chi connectivity index (χ1) is 4.66. The van der Waals surface area contributed by atoms with Crippen LogP contribution < -0.4 is 0 Å². The molecule has 1 nitrogen and oxygen atoms in total. The Bertz CT molecular complexity index is 111. The summed E-state index contributed by atoms with van der Waals surface area (Å²) < 4.78 is 0. The Morgan fingerprint density at radius 3 is 2.10 bits per heavy atom. The van der Waals surface area contributed by atoms with Gasteiger partial charge in [-0.15, -0.1) is 0 Å². The summed E-state index contributed by atoms with van der Waals surface area (Å²) >= 11 is 0. The molecule has 1 aliphatic carbocycles. The van der Waals surface area contributed by atoms with Gasteiger partial charge in [-0.05, 0) is 24.2 Å². The summed E-state index contributed by atoms with van der Waals surface area (Å²) in [5.74, 6) is 2.01. The van der Waals surface area contributed by atoms with E-state index in [1.54, 1.807) is 0 Å². The van der Waals surface area contributed by atoms with E-state index in [9.17, 15) is 5.11 Å². The predicted molar refractivity (Wildman–Crippen MR) is 42.7 cm³/mol. The summed E-state index contributed by atoms with van der Waals surface area (Å²) in [5.41, 5.74) is 0. The van der Waals surface area contributed by atoms with Gasteiger partial charge < -0.3 is 5.11 Å². The standard InChI is InChI=1S/C9H18O/c1-4-8-5-9(10)7(3)6(8)2/h6-10H,4-5H2,1-3H3/t6?,7?,8-,9-/m0/s1. The van der Waals surface area contributed by atoms with E-state index in [1.807, 2.05) is 0 Å². The Morgan fingerprint density at radius 2 is 1.90 bits per heavy atom. The Morgan fingerprint density at radius 1 is 1.30 bits per heavy atom. The van der Waals surface area contributed by atoms with Crippen molar-refractivity contribution in [3.05, 3.63) is 0 Å². The SMILES string of the molecule is CC[C@H]1C[C@H](O)C(C)C1C. The molecule has 0 saturated heterocycles. The van der Waals surface area contributed by atoms with Crippen LogP contribution in [0.4, 0.5) is 0 Å². The summed E-state index contributed by atoms with van der Waals surface area (Å²) in [6.45, 7) is 6.63. The van der Waals surface area contributed by atoms with Gasteiger partial charge in [0.15, 0.2) is 0 Å². The van der Waals surface area contributed by atoms with Crippen LogP contribution in [0.25, 0.3) is 0 Å². The Balaban J connectivity index is 2.53. The molecule has 0 aromatic rings. The van der Waals surface area contributed by atoms with Crippen molar-refractivity contribution >= 4 is 0 Å². The average Bonchev–Trinajstić information content (AvgIpc) is 2.17. The Labute approximate surface area is 63.4 Å². The molecule has 1 heteroatoms. The van der Waals surface area contributed by atoms with Gasteiger partial charge in [0.05, 0.1) is 6.10 Å². The minimum absolute atomic E-state index is 0.0278. The highest BCUT2D eigenvalue weighted by molar-refractivity contribution is 4.85. The fourth-order valence-corrected chi connectivity index (χ4v) is 2.06. The third kappa shape index (κ3) is 1.20.